The highest BCUT2D eigenvalue weighted by Crippen LogP contribution is 2.31. The Balaban J connectivity index is 1.35. The van der Waals surface area contributed by atoms with Crippen LogP contribution in [-0.2, 0) is 14.8 Å². The molecule has 1 heterocycles. The number of para-hydroxylation sites is 1. The number of benzene rings is 4. The van der Waals surface area contributed by atoms with E-state index in [9.17, 15) is 13.2 Å². The molecule has 1 amide bonds. The molecule has 0 saturated heterocycles. The smallest absolute Gasteiger partial charge is 0.264 e. The second-order valence-corrected chi connectivity index (χ2v) is 11.5. The van der Waals surface area contributed by atoms with Gasteiger partial charge in [0, 0.05) is 11.3 Å². The number of methoxy groups -OCH3 is 1. The van der Waals surface area contributed by atoms with Crippen molar-refractivity contribution in [1.29, 1.82) is 0 Å². The Bertz CT molecular complexity index is 1680. The van der Waals surface area contributed by atoms with Gasteiger partial charge in [-0.05, 0) is 85.3 Å². The molecule has 0 bridgehead atoms. The van der Waals surface area contributed by atoms with Gasteiger partial charge in [0.05, 0.1) is 27.9 Å². The number of fused-ring (bicyclic) bond motifs is 1. The number of anilines is 2. The van der Waals surface area contributed by atoms with E-state index < -0.39 is 22.5 Å². The van der Waals surface area contributed by atoms with E-state index in [0.29, 0.717) is 17.1 Å². The van der Waals surface area contributed by atoms with Gasteiger partial charge in [-0.2, -0.15) is 0 Å². The number of rotatable bonds is 8. The van der Waals surface area contributed by atoms with Crippen molar-refractivity contribution in [2.24, 2.45) is 0 Å². The molecular weight excluding hydrogens is 518 g/mol. The van der Waals surface area contributed by atoms with Crippen molar-refractivity contribution in [2.75, 3.05) is 23.3 Å². The number of aromatic nitrogens is 1. The minimum Gasteiger partial charge on any atom is -0.497 e. The van der Waals surface area contributed by atoms with Crippen LogP contribution in [0.2, 0.25) is 0 Å². The molecular formula is C29H25N3O4S2. The topological polar surface area (TPSA) is 88.6 Å². The molecule has 0 atom stereocenters. The highest BCUT2D eigenvalue weighted by molar-refractivity contribution is 7.92. The zero-order valence-electron chi connectivity index (χ0n) is 20.8. The fourth-order valence-electron chi connectivity index (χ4n) is 3.97. The largest absolute Gasteiger partial charge is 0.497 e. The van der Waals surface area contributed by atoms with Gasteiger partial charge in [0.15, 0.2) is 0 Å². The molecule has 192 valence electrons. The highest BCUT2D eigenvalue weighted by Gasteiger charge is 2.27. The maximum atomic E-state index is 13.5. The summed E-state index contributed by atoms with van der Waals surface area (Å²) in [5.41, 5.74) is 4.02. The molecule has 0 spiro atoms. The van der Waals surface area contributed by atoms with Gasteiger partial charge < -0.3 is 10.1 Å². The van der Waals surface area contributed by atoms with Gasteiger partial charge in [0.25, 0.3) is 10.0 Å². The third kappa shape index (κ3) is 5.39. The number of carbonyl (C=O) groups is 1. The lowest BCUT2D eigenvalue weighted by Crippen LogP contribution is -2.38. The van der Waals surface area contributed by atoms with Crippen LogP contribution in [0.4, 0.5) is 11.4 Å². The minimum absolute atomic E-state index is 0.0605. The molecule has 0 fully saturated rings. The fourth-order valence-corrected chi connectivity index (χ4v) is 6.46. The maximum Gasteiger partial charge on any atom is 0.264 e. The first-order valence-corrected chi connectivity index (χ1v) is 14.1. The van der Waals surface area contributed by atoms with Gasteiger partial charge in [-0.1, -0.05) is 24.3 Å². The molecule has 38 heavy (non-hydrogen) atoms. The lowest BCUT2D eigenvalue weighted by molar-refractivity contribution is -0.114. The maximum absolute atomic E-state index is 13.5. The van der Waals surface area contributed by atoms with E-state index in [1.165, 1.54) is 24.8 Å². The Hall–Kier alpha value is -4.21. The fraction of sp³-hybridized carbons (Fsp3) is 0.103. The van der Waals surface area contributed by atoms with Gasteiger partial charge in [-0.3, -0.25) is 9.10 Å². The van der Waals surface area contributed by atoms with Gasteiger partial charge >= 0.3 is 0 Å². The summed E-state index contributed by atoms with van der Waals surface area (Å²) in [6.45, 7) is 1.66. The predicted octanol–water partition coefficient (Wildman–Crippen LogP) is 6.11. The van der Waals surface area contributed by atoms with E-state index in [4.69, 9.17) is 9.72 Å². The van der Waals surface area contributed by atoms with Crippen molar-refractivity contribution in [3.8, 4) is 16.3 Å². The predicted molar refractivity (Wildman–Crippen MR) is 152 cm³/mol. The van der Waals surface area contributed by atoms with Crippen LogP contribution in [0.1, 0.15) is 5.56 Å². The molecule has 5 rings (SSSR count). The lowest BCUT2D eigenvalue weighted by atomic mass is 10.2. The number of amides is 1. The minimum atomic E-state index is -4.02. The molecule has 0 radical (unpaired) electrons. The van der Waals surface area contributed by atoms with Gasteiger partial charge in [0.1, 0.15) is 17.3 Å². The average Bonchev–Trinajstić information content (AvgIpc) is 3.36. The summed E-state index contributed by atoms with van der Waals surface area (Å²) in [6, 6.07) is 28.2. The molecule has 5 aromatic rings. The second kappa shape index (κ2) is 10.6. The summed E-state index contributed by atoms with van der Waals surface area (Å²) < 4.78 is 34.4. The number of ether oxygens (including phenoxy) is 1. The first-order valence-electron chi connectivity index (χ1n) is 11.8. The number of sulfonamides is 1. The van der Waals surface area contributed by atoms with Crippen molar-refractivity contribution in [3.63, 3.8) is 0 Å². The molecule has 0 aliphatic rings. The summed E-state index contributed by atoms with van der Waals surface area (Å²) in [5, 5.41) is 3.71. The van der Waals surface area contributed by atoms with E-state index in [-0.39, 0.29) is 4.90 Å². The monoisotopic (exact) mass is 543 g/mol. The quantitative estimate of drug-likeness (QED) is 0.255. The lowest BCUT2D eigenvalue weighted by Gasteiger charge is -2.24. The number of carbonyl (C=O) groups excluding carboxylic acids is 1. The van der Waals surface area contributed by atoms with Crippen molar-refractivity contribution in [2.45, 2.75) is 11.8 Å². The number of hydrogen-bond donors (Lipinski definition) is 1. The summed E-state index contributed by atoms with van der Waals surface area (Å²) >= 11 is 1.61. The molecule has 1 aromatic heterocycles. The molecule has 1 N–H and O–H groups in total. The Morgan fingerprint density at radius 3 is 2.34 bits per heavy atom. The third-order valence-corrected chi connectivity index (χ3v) is 8.79. The van der Waals surface area contributed by atoms with Crippen LogP contribution in [0.5, 0.6) is 5.75 Å². The highest BCUT2D eigenvalue weighted by atomic mass is 32.2. The van der Waals surface area contributed by atoms with Crippen molar-refractivity contribution in [3.05, 3.63) is 103 Å². The molecule has 0 aliphatic heterocycles. The zero-order valence-corrected chi connectivity index (χ0v) is 22.4. The standard InChI is InChI=1S/C29H25N3O4S2/c1-20-8-17-26-27(18-20)37-29(31-26)21-9-11-22(12-10-21)30-28(33)19-32(23-6-4-3-5-7-23)38(34,35)25-15-13-24(36-2)14-16-25/h3-18H,19H2,1-2H3,(H,30,33). The van der Waals surface area contributed by atoms with E-state index in [1.54, 1.807) is 65.9 Å². The Morgan fingerprint density at radius 1 is 0.947 bits per heavy atom. The Kier molecular flexibility index (Phi) is 7.13. The summed E-state index contributed by atoms with van der Waals surface area (Å²) in [7, 11) is -2.50. The number of nitrogens with zero attached hydrogens (tertiary/aromatic N) is 2. The molecule has 7 nitrogen and oxygen atoms in total. The number of thiazole rings is 1. The Labute approximate surface area is 225 Å². The number of hydrogen-bond acceptors (Lipinski definition) is 6. The van der Waals surface area contributed by atoms with Gasteiger partial charge in [-0.15, -0.1) is 11.3 Å². The summed E-state index contributed by atoms with van der Waals surface area (Å²) in [6.07, 6.45) is 0. The van der Waals surface area contributed by atoms with Crippen LogP contribution in [0.25, 0.3) is 20.8 Å². The van der Waals surface area contributed by atoms with E-state index in [1.807, 2.05) is 24.3 Å². The van der Waals surface area contributed by atoms with Crippen LogP contribution < -0.4 is 14.4 Å². The van der Waals surface area contributed by atoms with E-state index >= 15 is 0 Å². The number of nitrogens with one attached hydrogen (secondary N) is 1. The van der Waals surface area contributed by atoms with Crippen LogP contribution in [-0.4, -0.2) is 33.0 Å². The summed E-state index contributed by atoms with van der Waals surface area (Å²) in [5.74, 6) is 0.0755. The normalized spacial score (nSPS) is 11.3. The first kappa shape index (κ1) is 25.4. The molecule has 9 heteroatoms. The molecule has 0 unspecified atom stereocenters. The van der Waals surface area contributed by atoms with E-state index in [0.717, 1.165) is 25.1 Å². The SMILES string of the molecule is COc1ccc(S(=O)(=O)N(CC(=O)Nc2ccc(-c3nc4ccc(C)cc4s3)cc2)c2ccccc2)cc1. The van der Waals surface area contributed by atoms with Gasteiger partial charge in [-0.25, -0.2) is 13.4 Å². The summed E-state index contributed by atoms with van der Waals surface area (Å²) in [4.78, 5) is 17.8. The van der Waals surface area contributed by atoms with Crippen LogP contribution >= 0.6 is 11.3 Å². The van der Waals surface area contributed by atoms with Crippen molar-refractivity contribution >= 4 is 48.9 Å². The Morgan fingerprint density at radius 2 is 1.66 bits per heavy atom. The molecule has 0 aliphatic carbocycles. The third-order valence-electron chi connectivity index (χ3n) is 5.94. The molecule has 4 aromatic carbocycles. The van der Waals surface area contributed by atoms with Crippen LogP contribution in [0, 0.1) is 6.92 Å². The van der Waals surface area contributed by atoms with Gasteiger partial charge in [0.2, 0.25) is 5.91 Å². The van der Waals surface area contributed by atoms with E-state index in [2.05, 4.69) is 18.3 Å². The van der Waals surface area contributed by atoms with Crippen molar-refractivity contribution in [1.82, 2.24) is 4.98 Å². The zero-order chi connectivity index (χ0) is 26.7. The average molecular weight is 544 g/mol. The number of aryl methyl sites for hydroxylation is 1. The van der Waals surface area contributed by atoms with Crippen LogP contribution in [0.15, 0.2) is 102 Å². The second-order valence-electron chi connectivity index (χ2n) is 8.64. The molecule has 0 saturated carbocycles. The first-order chi connectivity index (χ1) is 18.3. The van der Waals surface area contributed by atoms with Crippen LogP contribution in [0.3, 0.4) is 0 Å². The van der Waals surface area contributed by atoms with Crippen molar-refractivity contribution < 1.29 is 17.9 Å².